The lowest BCUT2D eigenvalue weighted by atomic mass is 10.1. The normalized spacial score (nSPS) is 13.8. The number of carbonyl (C=O) groups excluding carboxylic acids is 1. The van der Waals surface area contributed by atoms with Crippen LogP contribution >= 0.6 is 11.3 Å². The van der Waals surface area contributed by atoms with Gasteiger partial charge in [-0.25, -0.2) is 15.0 Å². The molecule has 1 aromatic carbocycles. The maximum atomic E-state index is 13.1. The summed E-state index contributed by atoms with van der Waals surface area (Å²) in [6, 6.07) is 13.7. The van der Waals surface area contributed by atoms with Crippen molar-refractivity contribution in [3.63, 3.8) is 0 Å². The number of nitrogens with one attached hydrogen (secondary N) is 1. The molecule has 1 N–H and O–H groups in total. The zero-order valence-electron chi connectivity index (χ0n) is 19.2. The predicted octanol–water partition coefficient (Wildman–Crippen LogP) is 3.66. The lowest BCUT2D eigenvalue weighted by Gasteiger charge is -2.36. The quantitative estimate of drug-likeness (QED) is 0.457. The number of hydrogen-bond donors (Lipinski definition) is 1. The van der Waals surface area contributed by atoms with Gasteiger partial charge in [-0.2, -0.15) is 0 Å². The molecule has 9 heteroatoms. The molecule has 1 aliphatic rings. The van der Waals surface area contributed by atoms with Gasteiger partial charge in [0.2, 0.25) is 0 Å². The Hall–Kier alpha value is -3.72. The van der Waals surface area contributed by atoms with E-state index < -0.39 is 0 Å². The van der Waals surface area contributed by atoms with Crippen molar-refractivity contribution >= 4 is 39.1 Å². The van der Waals surface area contributed by atoms with Crippen molar-refractivity contribution in [3.8, 4) is 5.75 Å². The summed E-state index contributed by atoms with van der Waals surface area (Å²) in [6.07, 6.45) is 3.42. The number of rotatable bonds is 6. The highest BCUT2D eigenvalue weighted by Crippen LogP contribution is 2.35. The maximum absolute atomic E-state index is 13.1. The van der Waals surface area contributed by atoms with Gasteiger partial charge in [0.15, 0.2) is 0 Å². The zero-order chi connectivity index (χ0) is 23.5. The Morgan fingerprint density at radius 1 is 1.03 bits per heavy atom. The van der Waals surface area contributed by atoms with Gasteiger partial charge in [0.1, 0.15) is 28.5 Å². The third-order valence-electron chi connectivity index (χ3n) is 6.10. The molecule has 3 aromatic heterocycles. The van der Waals surface area contributed by atoms with Crippen LogP contribution in [0.25, 0.3) is 10.2 Å². The van der Waals surface area contributed by atoms with Crippen molar-refractivity contribution < 1.29 is 9.53 Å². The van der Waals surface area contributed by atoms with E-state index in [9.17, 15) is 4.79 Å². The molecular weight excluding hydrogens is 448 g/mol. The largest absolute Gasteiger partial charge is 0.496 e. The van der Waals surface area contributed by atoms with E-state index in [4.69, 9.17) is 4.74 Å². The fourth-order valence-electron chi connectivity index (χ4n) is 4.30. The van der Waals surface area contributed by atoms with E-state index in [0.29, 0.717) is 11.4 Å². The lowest BCUT2D eigenvalue weighted by Crippen LogP contribution is -2.47. The van der Waals surface area contributed by atoms with Crippen LogP contribution in [0.4, 0.5) is 11.6 Å². The van der Waals surface area contributed by atoms with E-state index in [-0.39, 0.29) is 5.91 Å². The number of carbonyl (C=O) groups is 1. The van der Waals surface area contributed by atoms with E-state index in [2.05, 4.69) is 30.1 Å². The van der Waals surface area contributed by atoms with Gasteiger partial charge in [-0.1, -0.05) is 24.3 Å². The Labute approximate surface area is 202 Å². The smallest absolute Gasteiger partial charge is 0.261 e. The molecule has 1 saturated heterocycles. The van der Waals surface area contributed by atoms with Gasteiger partial charge in [-0.15, -0.1) is 11.3 Å². The van der Waals surface area contributed by atoms with Crippen LogP contribution in [0.5, 0.6) is 5.75 Å². The van der Waals surface area contributed by atoms with E-state index in [1.54, 1.807) is 13.4 Å². The van der Waals surface area contributed by atoms with Crippen molar-refractivity contribution in [1.82, 2.24) is 20.3 Å². The number of hydrogen-bond acceptors (Lipinski definition) is 8. The van der Waals surface area contributed by atoms with Crippen LogP contribution in [0, 0.1) is 6.92 Å². The molecule has 0 atom stereocenters. The molecule has 1 amide bonds. The van der Waals surface area contributed by atoms with E-state index in [1.165, 1.54) is 11.3 Å². The molecule has 0 spiro atoms. The number of ether oxygens (including phenoxy) is 1. The summed E-state index contributed by atoms with van der Waals surface area (Å²) in [4.78, 5) is 32.7. The monoisotopic (exact) mass is 474 g/mol. The van der Waals surface area contributed by atoms with E-state index in [0.717, 1.165) is 64.9 Å². The first kappa shape index (κ1) is 22.1. The Kier molecular flexibility index (Phi) is 6.27. The second-order valence-electron chi connectivity index (χ2n) is 8.09. The van der Waals surface area contributed by atoms with Gasteiger partial charge in [-0.05, 0) is 30.7 Å². The molecule has 0 aliphatic carbocycles. The summed E-state index contributed by atoms with van der Waals surface area (Å²) in [6.45, 7) is 5.74. The molecular formula is C25H26N6O2S. The zero-order valence-corrected chi connectivity index (χ0v) is 20.0. The van der Waals surface area contributed by atoms with Gasteiger partial charge < -0.3 is 19.9 Å². The average molecular weight is 475 g/mol. The van der Waals surface area contributed by atoms with Gasteiger partial charge in [-0.3, -0.25) is 4.79 Å². The highest BCUT2D eigenvalue weighted by molar-refractivity contribution is 7.20. The predicted molar refractivity (Wildman–Crippen MR) is 135 cm³/mol. The molecule has 0 unspecified atom stereocenters. The third-order valence-corrected chi connectivity index (χ3v) is 7.30. The van der Waals surface area contributed by atoms with Crippen LogP contribution in [0.3, 0.4) is 0 Å². The summed E-state index contributed by atoms with van der Waals surface area (Å²) in [5.74, 6) is 2.53. The van der Waals surface area contributed by atoms with Gasteiger partial charge in [0.25, 0.3) is 5.91 Å². The number of amides is 1. The third kappa shape index (κ3) is 4.26. The molecule has 1 fully saturated rings. The second-order valence-corrected chi connectivity index (χ2v) is 9.09. The number of nitrogens with zero attached hydrogens (tertiary/aromatic N) is 5. The number of thiophene rings is 1. The number of para-hydroxylation sites is 1. The Morgan fingerprint density at radius 3 is 2.56 bits per heavy atom. The minimum absolute atomic E-state index is 0.114. The standard InChI is InChI=1S/C25H26N6O2S/c1-17-21-23(31-13-11-30(12-14-31)20-9-5-6-10-26-20)28-16-29-25(21)34-22(17)24(32)27-15-18-7-3-4-8-19(18)33-2/h3-10,16H,11-15H2,1-2H3,(H,27,32). The second kappa shape index (κ2) is 9.64. The van der Waals surface area contributed by atoms with Crippen molar-refractivity contribution in [3.05, 3.63) is 71.0 Å². The number of aryl methyl sites for hydroxylation is 1. The minimum atomic E-state index is -0.114. The summed E-state index contributed by atoms with van der Waals surface area (Å²) < 4.78 is 5.39. The molecule has 4 heterocycles. The van der Waals surface area contributed by atoms with Crippen LogP contribution in [0.15, 0.2) is 55.0 Å². The first-order valence-corrected chi connectivity index (χ1v) is 12.0. The number of fused-ring (bicyclic) bond motifs is 1. The summed E-state index contributed by atoms with van der Waals surface area (Å²) in [5.41, 5.74) is 1.85. The average Bonchev–Trinajstić information content (AvgIpc) is 3.24. The number of piperazine rings is 1. The van der Waals surface area contributed by atoms with E-state index in [1.807, 2.05) is 55.6 Å². The van der Waals surface area contributed by atoms with Crippen LogP contribution in [-0.4, -0.2) is 54.1 Å². The van der Waals surface area contributed by atoms with Crippen LogP contribution in [0.1, 0.15) is 20.8 Å². The first-order valence-electron chi connectivity index (χ1n) is 11.2. The highest BCUT2D eigenvalue weighted by Gasteiger charge is 2.25. The minimum Gasteiger partial charge on any atom is -0.496 e. The molecule has 0 bridgehead atoms. The summed E-state index contributed by atoms with van der Waals surface area (Å²) in [5, 5.41) is 3.99. The van der Waals surface area contributed by atoms with Crippen LogP contribution in [-0.2, 0) is 6.54 Å². The van der Waals surface area contributed by atoms with Crippen molar-refractivity contribution in [2.75, 3.05) is 43.1 Å². The summed E-state index contributed by atoms with van der Waals surface area (Å²) in [7, 11) is 1.63. The summed E-state index contributed by atoms with van der Waals surface area (Å²) >= 11 is 1.41. The number of benzene rings is 1. The van der Waals surface area contributed by atoms with Crippen molar-refractivity contribution in [2.45, 2.75) is 13.5 Å². The lowest BCUT2D eigenvalue weighted by molar-refractivity contribution is 0.0954. The fraction of sp³-hybridized carbons (Fsp3) is 0.280. The van der Waals surface area contributed by atoms with Crippen LogP contribution in [0.2, 0.25) is 0 Å². The topological polar surface area (TPSA) is 83.5 Å². The Bertz CT molecular complexity index is 1300. The molecule has 5 rings (SSSR count). The molecule has 0 saturated carbocycles. The molecule has 34 heavy (non-hydrogen) atoms. The molecule has 0 radical (unpaired) electrons. The number of methoxy groups -OCH3 is 1. The molecule has 174 valence electrons. The number of aromatic nitrogens is 3. The van der Waals surface area contributed by atoms with Crippen LogP contribution < -0.4 is 19.9 Å². The molecule has 8 nitrogen and oxygen atoms in total. The fourth-order valence-corrected chi connectivity index (χ4v) is 5.36. The van der Waals surface area contributed by atoms with Gasteiger partial charge >= 0.3 is 0 Å². The van der Waals surface area contributed by atoms with E-state index >= 15 is 0 Å². The first-order chi connectivity index (χ1) is 16.7. The molecule has 1 aliphatic heterocycles. The van der Waals surface area contributed by atoms with Gasteiger partial charge in [0, 0.05) is 44.5 Å². The Morgan fingerprint density at radius 2 is 1.79 bits per heavy atom. The van der Waals surface area contributed by atoms with Gasteiger partial charge in [0.05, 0.1) is 17.4 Å². The van der Waals surface area contributed by atoms with Crippen molar-refractivity contribution in [1.29, 1.82) is 0 Å². The number of pyridine rings is 1. The maximum Gasteiger partial charge on any atom is 0.261 e. The highest BCUT2D eigenvalue weighted by atomic mass is 32.1. The molecule has 4 aromatic rings. The SMILES string of the molecule is COc1ccccc1CNC(=O)c1sc2ncnc(N3CCN(c4ccccn4)CC3)c2c1C. The van der Waals surface area contributed by atoms with Crippen molar-refractivity contribution in [2.24, 2.45) is 0 Å². The Balaban J connectivity index is 1.34. The number of anilines is 2.